The highest BCUT2D eigenvalue weighted by molar-refractivity contribution is 7.14. The number of carbonyl (C=O) groups is 2. The number of amides is 2. The van der Waals surface area contributed by atoms with Crippen molar-refractivity contribution in [3.8, 4) is 5.75 Å². The summed E-state index contributed by atoms with van der Waals surface area (Å²) in [5.41, 5.74) is 1.25. The molecule has 8 heteroatoms. The van der Waals surface area contributed by atoms with Crippen LogP contribution in [0.15, 0.2) is 23.6 Å². The van der Waals surface area contributed by atoms with Crippen LogP contribution < -0.4 is 15.0 Å². The van der Waals surface area contributed by atoms with Gasteiger partial charge in [0.05, 0.1) is 23.7 Å². The fourth-order valence-corrected chi connectivity index (χ4v) is 3.78. The van der Waals surface area contributed by atoms with Gasteiger partial charge in [-0.2, -0.15) is 0 Å². The highest BCUT2D eigenvalue weighted by Crippen LogP contribution is 2.29. The zero-order valence-corrected chi connectivity index (χ0v) is 16.9. The number of ether oxygens (including phenoxy) is 1. The molecule has 0 spiro atoms. The molecule has 0 bridgehead atoms. The van der Waals surface area contributed by atoms with E-state index in [1.807, 2.05) is 5.38 Å². The number of carbonyl (C=O) groups excluding carboxylic acids is 2. The van der Waals surface area contributed by atoms with Crippen LogP contribution >= 0.6 is 22.9 Å². The molecule has 6 nitrogen and oxygen atoms in total. The molecule has 1 fully saturated rings. The Labute approximate surface area is 167 Å². The second-order valence-corrected chi connectivity index (χ2v) is 8.09. The van der Waals surface area contributed by atoms with Gasteiger partial charge < -0.3 is 10.1 Å². The zero-order chi connectivity index (χ0) is 19.4. The van der Waals surface area contributed by atoms with Gasteiger partial charge in [0, 0.05) is 24.0 Å². The van der Waals surface area contributed by atoms with Crippen LogP contribution in [0.2, 0.25) is 5.02 Å². The lowest BCUT2D eigenvalue weighted by Crippen LogP contribution is -2.23. The van der Waals surface area contributed by atoms with E-state index in [-0.39, 0.29) is 18.2 Å². The van der Waals surface area contributed by atoms with Crippen molar-refractivity contribution in [3.05, 3.63) is 34.3 Å². The number of benzene rings is 1. The van der Waals surface area contributed by atoms with Gasteiger partial charge in [0.1, 0.15) is 5.75 Å². The zero-order valence-electron chi connectivity index (χ0n) is 15.3. The van der Waals surface area contributed by atoms with Crippen LogP contribution in [0.5, 0.6) is 5.75 Å². The Bertz CT molecular complexity index is 837. The van der Waals surface area contributed by atoms with E-state index in [1.165, 1.54) is 11.3 Å². The van der Waals surface area contributed by atoms with Gasteiger partial charge in [-0.25, -0.2) is 4.98 Å². The van der Waals surface area contributed by atoms with Crippen molar-refractivity contribution in [1.29, 1.82) is 0 Å². The molecule has 1 saturated heterocycles. The summed E-state index contributed by atoms with van der Waals surface area (Å²) < 4.78 is 5.63. The average molecular weight is 408 g/mol. The summed E-state index contributed by atoms with van der Waals surface area (Å²) in [7, 11) is 0. The van der Waals surface area contributed by atoms with Gasteiger partial charge >= 0.3 is 0 Å². The molecule has 2 heterocycles. The first kappa shape index (κ1) is 19.6. The molecular formula is C19H22ClN3O3S. The summed E-state index contributed by atoms with van der Waals surface area (Å²) >= 11 is 7.61. The van der Waals surface area contributed by atoms with E-state index in [0.717, 1.165) is 6.42 Å². The number of thiazole rings is 1. The first-order chi connectivity index (χ1) is 12.9. The molecule has 1 N–H and O–H groups in total. The van der Waals surface area contributed by atoms with Gasteiger partial charge in [0.2, 0.25) is 11.8 Å². The molecule has 0 aliphatic carbocycles. The summed E-state index contributed by atoms with van der Waals surface area (Å²) in [5.74, 6) is 0.906. The van der Waals surface area contributed by atoms with Gasteiger partial charge in [0.25, 0.3) is 0 Å². The molecule has 0 atom stereocenters. The summed E-state index contributed by atoms with van der Waals surface area (Å²) in [6.45, 7) is 5.40. The van der Waals surface area contributed by atoms with Crippen molar-refractivity contribution in [2.45, 2.75) is 33.1 Å². The topological polar surface area (TPSA) is 71.5 Å². The van der Waals surface area contributed by atoms with Crippen molar-refractivity contribution in [2.75, 3.05) is 23.4 Å². The second-order valence-electron chi connectivity index (χ2n) is 6.85. The van der Waals surface area contributed by atoms with Crippen molar-refractivity contribution in [1.82, 2.24) is 4.98 Å². The molecule has 0 radical (unpaired) electrons. The van der Waals surface area contributed by atoms with Crippen LogP contribution in [0, 0.1) is 5.92 Å². The van der Waals surface area contributed by atoms with Crippen LogP contribution in [-0.4, -0.2) is 29.9 Å². The summed E-state index contributed by atoms with van der Waals surface area (Å²) in [6.07, 6.45) is 1.56. The molecule has 1 aromatic carbocycles. The Hall–Kier alpha value is -2.12. The van der Waals surface area contributed by atoms with Gasteiger partial charge in [-0.05, 0) is 30.5 Å². The van der Waals surface area contributed by atoms with Crippen molar-refractivity contribution >= 4 is 45.6 Å². The monoisotopic (exact) mass is 407 g/mol. The Kier molecular flexibility index (Phi) is 6.34. The largest absolute Gasteiger partial charge is 0.492 e. The van der Waals surface area contributed by atoms with Crippen LogP contribution in [0.1, 0.15) is 32.4 Å². The van der Waals surface area contributed by atoms with Gasteiger partial charge in [-0.3, -0.25) is 14.5 Å². The fourth-order valence-electron chi connectivity index (χ4n) is 2.67. The highest BCUT2D eigenvalue weighted by atomic mass is 35.5. The lowest BCUT2D eigenvalue weighted by molar-refractivity contribution is -0.117. The maximum atomic E-state index is 12.3. The van der Waals surface area contributed by atoms with Crippen LogP contribution in [-0.2, 0) is 16.0 Å². The minimum Gasteiger partial charge on any atom is -0.492 e. The molecule has 3 rings (SSSR count). The first-order valence-electron chi connectivity index (χ1n) is 8.89. The molecule has 144 valence electrons. The van der Waals surface area contributed by atoms with Crippen molar-refractivity contribution in [3.63, 3.8) is 0 Å². The quantitative estimate of drug-likeness (QED) is 0.748. The Morgan fingerprint density at radius 3 is 2.93 bits per heavy atom. The average Bonchev–Trinajstić information content (AvgIpc) is 3.22. The molecule has 0 unspecified atom stereocenters. The van der Waals surface area contributed by atoms with Crippen molar-refractivity contribution < 1.29 is 14.3 Å². The first-order valence-corrected chi connectivity index (χ1v) is 10.1. The van der Waals surface area contributed by atoms with Crippen LogP contribution in [0.25, 0.3) is 0 Å². The maximum absolute atomic E-state index is 12.3. The normalized spacial score (nSPS) is 14.1. The summed E-state index contributed by atoms with van der Waals surface area (Å²) in [4.78, 5) is 30.2. The Balaban J connectivity index is 1.57. The molecule has 1 aliphatic heterocycles. The third-order valence-corrected chi connectivity index (χ3v) is 5.18. The fraction of sp³-hybridized carbons (Fsp3) is 0.421. The standard InChI is InChI=1S/C19H22ClN3O3S/c1-12(2)10-26-16-6-5-13(8-15(16)20)21-17(24)9-14-11-27-19(22-14)23-7-3-4-18(23)25/h5-6,8,11-12H,3-4,7,9-10H2,1-2H3,(H,21,24). The third-order valence-electron chi connectivity index (χ3n) is 3.97. The lowest BCUT2D eigenvalue weighted by atomic mass is 10.2. The minimum atomic E-state index is -0.188. The van der Waals surface area contributed by atoms with Crippen LogP contribution in [0.3, 0.4) is 0 Å². The summed E-state index contributed by atoms with van der Waals surface area (Å²) in [6, 6.07) is 5.18. The van der Waals surface area contributed by atoms with Crippen molar-refractivity contribution in [2.24, 2.45) is 5.92 Å². The number of nitrogens with one attached hydrogen (secondary N) is 1. The Morgan fingerprint density at radius 1 is 1.44 bits per heavy atom. The number of hydrogen-bond donors (Lipinski definition) is 1. The number of nitrogens with zero attached hydrogens (tertiary/aromatic N) is 2. The predicted molar refractivity (Wildman–Crippen MR) is 108 cm³/mol. The van der Waals surface area contributed by atoms with E-state index in [9.17, 15) is 9.59 Å². The van der Waals surface area contributed by atoms with E-state index in [1.54, 1.807) is 23.1 Å². The van der Waals surface area contributed by atoms with Crippen LogP contribution in [0.4, 0.5) is 10.8 Å². The molecule has 2 aromatic rings. The van der Waals surface area contributed by atoms with E-state index in [4.69, 9.17) is 16.3 Å². The highest BCUT2D eigenvalue weighted by Gasteiger charge is 2.24. The number of aromatic nitrogens is 1. The second kappa shape index (κ2) is 8.71. The van der Waals surface area contributed by atoms with E-state index >= 15 is 0 Å². The van der Waals surface area contributed by atoms with Gasteiger partial charge in [0.15, 0.2) is 5.13 Å². The van der Waals surface area contributed by atoms with E-state index in [2.05, 4.69) is 24.1 Å². The summed E-state index contributed by atoms with van der Waals surface area (Å²) in [5, 5.41) is 5.75. The van der Waals surface area contributed by atoms with Gasteiger partial charge in [-0.15, -0.1) is 11.3 Å². The number of anilines is 2. The predicted octanol–water partition coefficient (Wildman–Crippen LogP) is 4.14. The van der Waals surface area contributed by atoms with E-state index < -0.39 is 0 Å². The molecular weight excluding hydrogens is 386 g/mol. The lowest BCUT2D eigenvalue weighted by Gasteiger charge is -2.12. The van der Waals surface area contributed by atoms with E-state index in [0.29, 0.717) is 52.8 Å². The molecule has 1 aromatic heterocycles. The number of halogens is 1. The van der Waals surface area contributed by atoms with Gasteiger partial charge in [-0.1, -0.05) is 25.4 Å². The molecule has 1 aliphatic rings. The Morgan fingerprint density at radius 2 is 2.26 bits per heavy atom. The molecule has 27 heavy (non-hydrogen) atoms. The third kappa shape index (κ3) is 5.20. The smallest absolute Gasteiger partial charge is 0.230 e. The number of rotatable bonds is 7. The molecule has 0 saturated carbocycles. The SMILES string of the molecule is CC(C)COc1ccc(NC(=O)Cc2csc(N3CCCC3=O)n2)cc1Cl. The number of hydrogen-bond acceptors (Lipinski definition) is 5. The maximum Gasteiger partial charge on any atom is 0.230 e. The molecule has 2 amide bonds. The minimum absolute atomic E-state index is 0.0924.